The Hall–Kier alpha value is -1.43. The maximum atomic E-state index is 13.4. The van der Waals surface area contributed by atoms with Gasteiger partial charge in [-0.1, -0.05) is 0 Å². The van der Waals surface area contributed by atoms with Crippen molar-refractivity contribution in [3.05, 3.63) is 27.5 Å². The highest BCUT2D eigenvalue weighted by Gasteiger charge is 2.21. The second kappa shape index (κ2) is 4.61. The summed E-state index contributed by atoms with van der Waals surface area (Å²) in [6, 6.07) is 0.928. The Kier molecular flexibility index (Phi) is 3.64. The molecule has 0 aliphatic carbocycles. The first-order valence-electron chi connectivity index (χ1n) is 4.26. The van der Waals surface area contributed by atoms with Crippen LogP contribution in [0.15, 0.2) is 10.5 Å². The van der Waals surface area contributed by atoms with Gasteiger partial charge in [-0.25, -0.2) is 9.18 Å². The van der Waals surface area contributed by atoms with Gasteiger partial charge in [-0.2, -0.15) is 0 Å². The maximum Gasteiger partial charge on any atom is 0.340 e. The number of nitrogens with two attached hydrogens (primary N) is 1. The molecule has 86 valence electrons. The van der Waals surface area contributed by atoms with Gasteiger partial charge in [0.05, 0.1) is 28.4 Å². The summed E-state index contributed by atoms with van der Waals surface area (Å²) in [5, 5.41) is 0. The van der Waals surface area contributed by atoms with Crippen LogP contribution in [-0.2, 0) is 4.74 Å². The summed E-state index contributed by atoms with van der Waals surface area (Å²) in [7, 11) is 1.15. The van der Waals surface area contributed by atoms with Crippen molar-refractivity contribution in [3.8, 4) is 0 Å². The lowest BCUT2D eigenvalue weighted by Crippen LogP contribution is -2.12. The standard InChI is InChI=1S/C10H9BrFNO3/c1-4(14)7-8(11)6(12)3-5(9(7)13)10(15)16-2/h3H,13H2,1-2H3. The molecule has 0 aliphatic heterocycles. The Morgan fingerprint density at radius 3 is 2.50 bits per heavy atom. The molecule has 0 aliphatic rings. The van der Waals surface area contributed by atoms with Crippen LogP contribution in [0.2, 0.25) is 0 Å². The van der Waals surface area contributed by atoms with Crippen LogP contribution >= 0.6 is 15.9 Å². The van der Waals surface area contributed by atoms with E-state index in [9.17, 15) is 14.0 Å². The third kappa shape index (κ3) is 2.06. The lowest BCUT2D eigenvalue weighted by Gasteiger charge is -2.10. The molecule has 6 heteroatoms. The topological polar surface area (TPSA) is 69.4 Å². The smallest absolute Gasteiger partial charge is 0.340 e. The molecule has 0 saturated heterocycles. The van der Waals surface area contributed by atoms with Gasteiger partial charge in [0.25, 0.3) is 0 Å². The average Bonchev–Trinajstić information content (AvgIpc) is 2.22. The molecule has 0 atom stereocenters. The number of halogens is 2. The molecule has 16 heavy (non-hydrogen) atoms. The minimum atomic E-state index is -0.786. The molecule has 1 rings (SSSR count). The van der Waals surface area contributed by atoms with E-state index in [1.807, 2.05) is 0 Å². The average molecular weight is 290 g/mol. The summed E-state index contributed by atoms with van der Waals surface area (Å²) in [5.41, 5.74) is 5.31. The molecule has 0 spiro atoms. The minimum absolute atomic E-state index is 0.0508. The number of Topliss-reactive ketones (excluding diaryl/α,β-unsaturated/α-hetero) is 1. The number of hydrogen-bond acceptors (Lipinski definition) is 4. The van der Waals surface area contributed by atoms with Gasteiger partial charge >= 0.3 is 5.97 Å². The number of rotatable bonds is 2. The molecule has 0 fully saturated rings. The Bertz CT molecular complexity index is 474. The number of carbonyl (C=O) groups is 2. The largest absolute Gasteiger partial charge is 0.465 e. The predicted octanol–water partition coefficient (Wildman–Crippen LogP) is 2.16. The lowest BCUT2D eigenvalue weighted by molar-refractivity contribution is 0.0601. The molecule has 2 N–H and O–H groups in total. The first-order chi connectivity index (χ1) is 7.40. The third-order valence-electron chi connectivity index (χ3n) is 2.02. The summed E-state index contributed by atoms with van der Waals surface area (Å²) in [6.07, 6.45) is 0. The number of anilines is 1. The van der Waals surface area contributed by atoms with Gasteiger partial charge < -0.3 is 10.5 Å². The van der Waals surface area contributed by atoms with Gasteiger partial charge in [0.1, 0.15) is 5.82 Å². The number of hydrogen-bond donors (Lipinski definition) is 1. The van der Waals surface area contributed by atoms with Crippen LogP contribution in [0.25, 0.3) is 0 Å². The van der Waals surface area contributed by atoms with E-state index >= 15 is 0 Å². The van der Waals surface area contributed by atoms with E-state index in [2.05, 4.69) is 20.7 Å². The van der Waals surface area contributed by atoms with Crippen LogP contribution in [0.5, 0.6) is 0 Å². The first kappa shape index (κ1) is 12.6. The van der Waals surface area contributed by atoms with Gasteiger partial charge in [0.15, 0.2) is 5.78 Å². The zero-order valence-electron chi connectivity index (χ0n) is 8.64. The summed E-state index contributed by atoms with van der Waals surface area (Å²) < 4.78 is 17.8. The Balaban J connectivity index is 3.56. The van der Waals surface area contributed by atoms with E-state index in [-0.39, 0.29) is 21.3 Å². The van der Waals surface area contributed by atoms with Crippen LogP contribution < -0.4 is 5.73 Å². The maximum absolute atomic E-state index is 13.4. The number of methoxy groups -OCH3 is 1. The molecule has 0 radical (unpaired) electrons. The van der Waals surface area contributed by atoms with Crippen LogP contribution in [0, 0.1) is 5.82 Å². The Labute approximate surface area is 99.7 Å². The second-order valence-corrected chi connectivity index (χ2v) is 3.85. The van der Waals surface area contributed by atoms with Crippen molar-refractivity contribution < 1.29 is 18.7 Å². The van der Waals surface area contributed by atoms with Crippen LogP contribution in [0.3, 0.4) is 0 Å². The second-order valence-electron chi connectivity index (χ2n) is 3.06. The number of carbonyl (C=O) groups excluding carboxylic acids is 2. The highest BCUT2D eigenvalue weighted by molar-refractivity contribution is 9.10. The van der Waals surface area contributed by atoms with Crippen molar-refractivity contribution in [2.75, 3.05) is 12.8 Å². The molecule has 0 amide bonds. The molecular formula is C10H9BrFNO3. The van der Waals surface area contributed by atoms with Crippen molar-refractivity contribution in [2.24, 2.45) is 0 Å². The first-order valence-corrected chi connectivity index (χ1v) is 5.06. The normalized spacial score (nSPS) is 10.0. The number of benzene rings is 1. The van der Waals surface area contributed by atoms with E-state index < -0.39 is 17.6 Å². The van der Waals surface area contributed by atoms with Crippen molar-refractivity contribution in [1.82, 2.24) is 0 Å². The SMILES string of the molecule is COC(=O)c1cc(F)c(Br)c(C(C)=O)c1N. The van der Waals surface area contributed by atoms with Gasteiger partial charge in [-0.3, -0.25) is 4.79 Å². The fourth-order valence-electron chi connectivity index (χ4n) is 1.26. The van der Waals surface area contributed by atoms with Crippen molar-refractivity contribution in [3.63, 3.8) is 0 Å². The number of ketones is 1. The van der Waals surface area contributed by atoms with Gasteiger partial charge in [-0.05, 0) is 28.9 Å². The summed E-state index contributed by atoms with van der Waals surface area (Å²) in [5.74, 6) is -1.96. The quantitative estimate of drug-likeness (QED) is 0.515. The van der Waals surface area contributed by atoms with E-state index in [1.165, 1.54) is 6.92 Å². The number of ether oxygens (including phenoxy) is 1. The van der Waals surface area contributed by atoms with Crippen LogP contribution in [-0.4, -0.2) is 18.9 Å². The van der Waals surface area contributed by atoms with Crippen LogP contribution in [0.4, 0.5) is 10.1 Å². The molecule has 0 unspecified atom stereocenters. The van der Waals surface area contributed by atoms with E-state index in [1.54, 1.807) is 0 Å². The Morgan fingerprint density at radius 1 is 1.50 bits per heavy atom. The Morgan fingerprint density at radius 2 is 2.06 bits per heavy atom. The highest BCUT2D eigenvalue weighted by Crippen LogP contribution is 2.30. The molecule has 0 saturated carbocycles. The predicted molar refractivity (Wildman–Crippen MR) is 59.9 cm³/mol. The molecule has 1 aromatic rings. The zero-order chi connectivity index (χ0) is 12.5. The van der Waals surface area contributed by atoms with Crippen LogP contribution in [0.1, 0.15) is 27.6 Å². The van der Waals surface area contributed by atoms with Gasteiger partial charge in [0.2, 0.25) is 0 Å². The van der Waals surface area contributed by atoms with Crippen molar-refractivity contribution >= 4 is 33.4 Å². The van der Waals surface area contributed by atoms with Gasteiger partial charge in [-0.15, -0.1) is 0 Å². The summed E-state index contributed by atoms with van der Waals surface area (Å²) in [6.45, 7) is 1.23. The fraction of sp³-hybridized carbons (Fsp3) is 0.200. The molecule has 1 aromatic carbocycles. The number of nitrogen functional groups attached to an aromatic ring is 1. The molecule has 0 heterocycles. The van der Waals surface area contributed by atoms with Gasteiger partial charge in [0, 0.05) is 0 Å². The molecule has 0 aromatic heterocycles. The van der Waals surface area contributed by atoms with Crippen molar-refractivity contribution in [1.29, 1.82) is 0 Å². The fourth-order valence-corrected chi connectivity index (χ4v) is 1.87. The molecule has 0 bridgehead atoms. The molecule has 4 nitrogen and oxygen atoms in total. The monoisotopic (exact) mass is 289 g/mol. The van der Waals surface area contributed by atoms with E-state index in [0.717, 1.165) is 13.2 Å². The molecular weight excluding hydrogens is 281 g/mol. The van der Waals surface area contributed by atoms with E-state index in [4.69, 9.17) is 5.73 Å². The zero-order valence-corrected chi connectivity index (χ0v) is 10.2. The summed E-state index contributed by atoms with van der Waals surface area (Å²) >= 11 is 2.91. The lowest BCUT2D eigenvalue weighted by atomic mass is 10.0. The number of esters is 1. The van der Waals surface area contributed by atoms with E-state index in [0.29, 0.717) is 0 Å². The third-order valence-corrected chi connectivity index (χ3v) is 2.79. The minimum Gasteiger partial charge on any atom is -0.465 e. The highest BCUT2D eigenvalue weighted by atomic mass is 79.9. The summed E-state index contributed by atoms with van der Waals surface area (Å²) in [4.78, 5) is 22.6. The van der Waals surface area contributed by atoms with Crippen molar-refractivity contribution in [2.45, 2.75) is 6.92 Å².